The molecule has 2 heterocycles. The van der Waals surface area contributed by atoms with Gasteiger partial charge < -0.3 is 9.84 Å². The Balaban J connectivity index is 1.69. The fraction of sp³-hybridized carbons (Fsp3) is 0.385. The third-order valence-electron chi connectivity index (χ3n) is 3.14. The second-order valence-electron chi connectivity index (χ2n) is 4.74. The van der Waals surface area contributed by atoms with E-state index in [1.54, 1.807) is 17.8 Å². The molecule has 0 fully saturated rings. The van der Waals surface area contributed by atoms with Crippen molar-refractivity contribution in [3.05, 3.63) is 40.7 Å². The van der Waals surface area contributed by atoms with E-state index >= 15 is 0 Å². The third kappa shape index (κ3) is 2.57. The molecule has 1 aliphatic heterocycles. The number of fused-ring (bicyclic) bond motifs is 1. The average molecular weight is 280 g/mol. The first-order chi connectivity index (χ1) is 9.11. The molecule has 3 rings (SSSR count). The Morgan fingerprint density at radius 2 is 2.42 bits per heavy atom. The van der Waals surface area contributed by atoms with Gasteiger partial charge in [0.15, 0.2) is 0 Å². The highest BCUT2D eigenvalue weighted by Crippen LogP contribution is 2.31. The molecule has 1 N–H and O–H groups in total. The largest absolute Gasteiger partial charge is 0.488 e. The molecule has 1 aromatic carbocycles. The highest BCUT2D eigenvalue weighted by molar-refractivity contribution is 6.30. The zero-order valence-electron chi connectivity index (χ0n) is 10.5. The molecular formula is C13H14ClN3O2. The first-order valence-electron chi connectivity index (χ1n) is 6.15. The molecule has 0 aliphatic carbocycles. The van der Waals surface area contributed by atoms with Crippen LogP contribution in [0.5, 0.6) is 5.75 Å². The summed E-state index contributed by atoms with van der Waals surface area (Å²) in [6.45, 7) is 2.27. The summed E-state index contributed by atoms with van der Waals surface area (Å²) in [4.78, 5) is 0. The van der Waals surface area contributed by atoms with Gasteiger partial charge in [-0.25, -0.2) is 4.68 Å². The van der Waals surface area contributed by atoms with Crippen molar-refractivity contribution < 1.29 is 9.84 Å². The van der Waals surface area contributed by atoms with Crippen LogP contribution in [-0.2, 0) is 13.0 Å². The first kappa shape index (κ1) is 12.4. The summed E-state index contributed by atoms with van der Waals surface area (Å²) in [5, 5.41) is 18.0. The molecule has 0 spiro atoms. The quantitative estimate of drug-likeness (QED) is 0.933. The number of nitrogens with zero attached hydrogens (tertiary/aromatic N) is 3. The maximum Gasteiger partial charge on any atom is 0.123 e. The van der Waals surface area contributed by atoms with Crippen LogP contribution >= 0.6 is 11.6 Å². The summed E-state index contributed by atoms with van der Waals surface area (Å²) in [5.41, 5.74) is 1.69. The van der Waals surface area contributed by atoms with Crippen LogP contribution in [0, 0.1) is 0 Å². The van der Waals surface area contributed by atoms with Gasteiger partial charge in [-0.15, -0.1) is 5.10 Å². The van der Waals surface area contributed by atoms with Crippen LogP contribution in [-0.4, -0.2) is 26.2 Å². The van der Waals surface area contributed by atoms with Gasteiger partial charge in [-0.05, 0) is 30.7 Å². The Bertz CT molecular complexity index is 597. The Labute approximate surface area is 115 Å². The van der Waals surface area contributed by atoms with Crippen molar-refractivity contribution in [2.45, 2.75) is 32.1 Å². The molecule has 5 nitrogen and oxygen atoms in total. The number of benzene rings is 1. The second kappa shape index (κ2) is 4.83. The summed E-state index contributed by atoms with van der Waals surface area (Å²) in [6.07, 6.45) is 1.97. The van der Waals surface area contributed by atoms with E-state index < -0.39 is 6.10 Å². The Hall–Kier alpha value is -1.59. The van der Waals surface area contributed by atoms with Gasteiger partial charge in [0.2, 0.25) is 0 Å². The molecule has 0 radical (unpaired) electrons. The van der Waals surface area contributed by atoms with E-state index in [0.717, 1.165) is 22.8 Å². The average Bonchev–Trinajstić information content (AvgIpc) is 2.95. The van der Waals surface area contributed by atoms with Crippen LogP contribution in [0.1, 0.15) is 24.3 Å². The monoisotopic (exact) mass is 279 g/mol. The van der Waals surface area contributed by atoms with Crippen LogP contribution < -0.4 is 4.74 Å². The van der Waals surface area contributed by atoms with E-state index in [-0.39, 0.29) is 6.10 Å². The Morgan fingerprint density at radius 3 is 3.16 bits per heavy atom. The topological polar surface area (TPSA) is 60.2 Å². The first-order valence-corrected chi connectivity index (χ1v) is 6.53. The predicted octanol–water partition coefficient (Wildman–Crippen LogP) is 1.99. The minimum Gasteiger partial charge on any atom is -0.488 e. The lowest BCUT2D eigenvalue weighted by Crippen LogP contribution is -2.21. The number of hydrogen-bond acceptors (Lipinski definition) is 4. The van der Waals surface area contributed by atoms with Crippen molar-refractivity contribution in [1.82, 2.24) is 15.0 Å². The smallest absolute Gasteiger partial charge is 0.123 e. The molecule has 1 aromatic heterocycles. The fourth-order valence-corrected chi connectivity index (χ4v) is 2.39. The molecular weight excluding hydrogens is 266 g/mol. The minimum absolute atomic E-state index is 0.0250. The maximum absolute atomic E-state index is 9.41. The lowest BCUT2D eigenvalue weighted by molar-refractivity contribution is 0.193. The molecule has 6 heteroatoms. The van der Waals surface area contributed by atoms with Crippen LogP contribution in [0.2, 0.25) is 5.02 Å². The van der Waals surface area contributed by atoms with Gasteiger partial charge in [0, 0.05) is 11.4 Å². The molecule has 0 amide bonds. The Kier molecular flexibility index (Phi) is 3.16. The number of rotatable bonds is 3. The van der Waals surface area contributed by atoms with Crippen molar-refractivity contribution in [2.75, 3.05) is 0 Å². The maximum atomic E-state index is 9.41. The molecule has 1 aliphatic rings. The summed E-state index contributed by atoms with van der Waals surface area (Å²) >= 11 is 5.96. The molecule has 0 saturated carbocycles. The SMILES string of the molecule is CC(O)c1cn(CC2Cc3cc(Cl)ccc3O2)nn1. The minimum atomic E-state index is -0.603. The number of aliphatic hydroxyl groups is 1. The zero-order valence-corrected chi connectivity index (χ0v) is 11.2. The van der Waals surface area contributed by atoms with Gasteiger partial charge >= 0.3 is 0 Å². The van der Waals surface area contributed by atoms with Crippen molar-refractivity contribution in [3.8, 4) is 5.75 Å². The highest BCUT2D eigenvalue weighted by Gasteiger charge is 2.24. The number of aromatic nitrogens is 3. The van der Waals surface area contributed by atoms with Gasteiger partial charge in [0.05, 0.1) is 18.8 Å². The fourth-order valence-electron chi connectivity index (χ4n) is 2.19. The van der Waals surface area contributed by atoms with Crippen LogP contribution in [0.15, 0.2) is 24.4 Å². The van der Waals surface area contributed by atoms with Gasteiger partial charge in [-0.3, -0.25) is 0 Å². The normalized spacial score (nSPS) is 19.0. The van der Waals surface area contributed by atoms with Gasteiger partial charge in [0.1, 0.15) is 17.5 Å². The van der Waals surface area contributed by atoms with Gasteiger partial charge in [0.25, 0.3) is 0 Å². The molecule has 19 heavy (non-hydrogen) atoms. The highest BCUT2D eigenvalue weighted by atomic mass is 35.5. The summed E-state index contributed by atoms with van der Waals surface area (Å²) in [7, 11) is 0. The van der Waals surface area contributed by atoms with E-state index in [9.17, 15) is 5.11 Å². The number of ether oxygens (including phenoxy) is 1. The predicted molar refractivity (Wildman–Crippen MR) is 70.2 cm³/mol. The second-order valence-corrected chi connectivity index (χ2v) is 5.17. The molecule has 0 bridgehead atoms. The summed E-state index contributed by atoms with van der Waals surface area (Å²) < 4.78 is 7.52. The number of aliphatic hydroxyl groups excluding tert-OH is 1. The van der Waals surface area contributed by atoms with E-state index in [4.69, 9.17) is 16.3 Å². The van der Waals surface area contributed by atoms with Gasteiger partial charge in [-0.1, -0.05) is 16.8 Å². The molecule has 2 atom stereocenters. The lowest BCUT2D eigenvalue weighted by atomic mass is 10.1. The number of hydrogen-bond donors (Lipinski definition) is 1. The summed E-state index contributed by atoms with van der Waals surface area (Å²) in [5.74, 6) is 0.880. The summed E-state index contributed by atoms with van der Waals surface area (Å²) in [6, 6.07) is 5.64. The van der Waals surface area contributed by atoms with Crippen LogP contribution in [0.4, 0.5) is 0 Å². The van der Waals surface area contributed by atoms with E-state index in [0.29, 0.717) is 12.2 Å². The van der Waals surface area contributed by atoms with Crippen molar-refractivity contribution >= 4 is 11.6 Å². The van der Waals surface area contributed by atoms with E-state index in [1.165, 1.54) is 0 Å². The van der Waals surface area contributed by atoms with E-state index in [1.807, 2.05) is 18.2 Å². The lowest BCUT2D eigenvalue weighted by Gasteiger charge is -2.09. The third-order valence-corrected chi connectivity index (χ3v) is 3.37. The van der Waals surface area contributed by atoms with Crippen LogP contribution in [0.25, 0.3) is 0 Å². The zero-order chi connectivity index (χ0) is 13.4. The van der Waals surface area contributed by atoms with Crippen LogP contribution in [0.3, 0.4) is 0 Å². The number of halogens is 1. The standard InChI is InChI=1S/C13H14ClN3O2/c1-8(18)12-7-17(16-15-12)6-11-5-9-4-10(14)2-3-13(9)19-11/h2-4,7-8,11,18H,5-6H2,1H3. The Morgan fingerprint density at radius 1 is 1.58 bits per heavy atom. The van der Waals surface area contributed by atoms with E-state index in [2.05, 4.69) is 10.3 Å². The molecule has 100 valence electrons. The molecule has 2 unspecified atom stereocenters. The molecule has 0 saturated heterocycles. The van der Waals surface area contributed by atoms with Gasteiger partial charge in [-0.2, -0.15) is 0 Å². The van der Waals surface area contributed by atoms with Crippen molar-refractivity contribution in [1.29, 1.82) is 0 Å². The van der Waals surface area contributed by atoms with Crippen molar-refractivity contribution in [2.24, 2.45) is 0 Å². The molecule has 2 aromatic rings. The van der Waals surface area contributed by atoms with Crippen molar-refractivity contribution in [3.63, 3.8) is 0 Å².